The summed E-state index contributed by atoms with van der Waals surface area (Å²) in [5, 5.41) is 9.69. The standard InChI is InChI=1S/C17H19NO2/c1-13-7-9-14(10-8-13)12-18(2)17(20)11-15-5-3-4-6-16(15)19/h3-10,19H,11-12H2,1-2H3. The molecule has 2 aromatic rings. The third-order valence-electron chi connectivity index (χ3n) is 3.30. The Hall–Kier alpha value is -2.29. The van der Waals surface area contributed by atoms with E-state index >= 15 is 0 Å². The highest BCUT2D eigenvalue weighted by Gasteiger charge is 2.12. The Bertz CT molecular complexity index is 590. The van der Waals surface area contributed by atoms with Gasteiger partial charge in [-0.1, -0.05) is 48.0 Å². The van der Waals surface area contributed by atoms with Crippen molar-refractivity contribution >= 4 is 5.91 Å². The maximum atomic E-state index is 12.2. The lowest BCUT2D eigenvalue weighted by Crippen LogP contribution is -2.27. The first kappa shape index (κ1) is 14.1. The number of hydrogen-bond acceptors (Lipinski definition) is 2. The fourth-order valence-corrected chi connectivity index (χ4v) is 2.01. The molecule has 0 aromatic heterocycles. The van der Waals surface area contributed by atoms with Gasteiger partial charge < -0.3 is 10.0 Å². The van der Waals surface area contributed by atoms with Gasteiger partial charge in [-0.05, 0) is 18.6 Å². The van der Waals surface area contributed by atoms with Crippen LogP contribution >= 0.6 is 0 Å². The lowest BCUT2D eigenvalue weighted by molar-refractivity contribution is -0.129. The number of nitrogens with zero attached hydrogens (tertiary/aromatic N) is 1. The van der Waals surface area contributed by atoms with Crippen LogP contribution in [0.25, 0.3) is 0 Å². The average Bonchev–Trinajstić information content (AvgIpc) is 2.44. The topological polar surface area (TPSA) is 40.5 Å². The van der Waals surface area contributed by atoms with E-state index in [1.54, 1.807) is 30.1 Å². The molecule has 3 heteroatoms. The van der Waals surface area contributed by atoms with E-state index in [9.17, 15) is 9.90 Å². The number of hydrogen-bond donors (Lipinski definition) is 1. The number of likely N-dealkylation sites (N-methyl/N-ethyl adjacent to an activating group) is 1. The van der Waals surface area contributed by atoms with Crippen LogP contribution in [0.1, 0.15) is 16.7 Å². The molecule has 1 N–H and O–H groups in total. The summed E-state index contributed by atoms with van der Waals surface area (Å²) in [4.78, 5) is 13.8. The summed E-state index contributed by atoms with van der Waals surface area (Å²) < 4.78 is 0. The molecular formula is C17H19NO2. The van der Waals surface area contributed by atoms with Crippen molar-refractivity contribution in [3.8, 4) is 5.75 Å². The molecule has 1 amide bonds. The maximum absolute atomic E-state index is 12.2. The highest BCUT2D eigenvalue weighted by atomic mass is 16.3. The molecule has 0 atom stereocenters. The number of amides is 1. The molecule has 0 radical (unpaired) electrons. The molecule has 0 saturated carbocycles. The zero-order valence-corrected chi connectivity index (χ0v) is 11.8. The van der Waals surface area contributed by atoms with E-state index in [0.29, 0.717) is 12.1 Å². The molecule has 0 aliphatic rings. The van der Waals surface area contributed by atoms with E-state index < -0.39 is 0 Å². The molecule has 0 heterocycles. The van der Waals surface area contributed by atoms with Crippen LogP contribution in [0.3, 0.4) is 0 Å². The van der Waals surface area contributed by atoms with Gasteiger partial charge in [-0.2, -0.15) is 0 Å². The smallest absolute Gasteiger partial charge is 0.227 e. The third kappa shape index (κ3) is 3.60. The molecule has 3 nitrogen and oxygen atoms in total. The van der Waals surface area contributed by atoms with Gasteiger partial charge in [0.2, 0.25) is 5.91 Å². The number of aryl methyl sites for hydroxylation is 1. The van der Waals surface area contributed by atoms with Gasteiger partial charge in [0.25, 0.3) is 0 Å². The first-order valence-electron chi connectivity index (χ1n) is 6.62. The summed E-state index contributed by atoms with van der Waals surface area (Å²) in [5.74, 6) is 0.164. The van der Waals surface area contributed by atoms with Gasteiger partial charge in [-0.25, -0.2) is 0 Å². The van der Waals surface area contributed by atoms with E-state index in [4.69, 9.17) is 0 Å². The Morgan fingerprint density at radius 3 is 2.40 bits per heavy atom. The van der Waals surface area contributed by atoms with Crippen molar-refractivity contribution in [1.82, 2.24) is 4.90 Å². The zero-order chi connectivity index (χ0) is 14.5. The van der Waals surface area contributed by atoms with Crippen molar-refractivity contribution in [3.05, 3.63) is 65.2 Å². The van der Waals surface area contributed by atoms with Crippen molar-refractivity contribution in [2.45, 2.75) is 19.9 Å². The minimum Gasteiger partial charge on any atom is -0.508 e. The summed E-state index contributed by atoms with van der Waals surface area (Å²) in [5.41, 5.74) is 2.97. The number of aromatic hydroxyl groups is 1. The van der Waals surface area contributed by atoms with Crippen molar-refractivity contribution in [3.63, 3.8) is 0 Å². The second-order valence-electron chi connectivity index (χ2n) is 5.04. The molecule has 0 fully saturated rings. The Labute approximate surface area is 119 Å². The van der Waals surface area contributed by atoms with Gasteiger partial charge in [-0.15, -0.1) is 0 Å². The van der Waals surface area contributed by atoms with Crippen LogP contribution in [0, 0.1) is 6.92 Å². The highest BCUT2D eigenvalue weighted by molar-refractivity contribution is 5.79. The van der Waals surface area contributed by atoms with Crippen molar-refractivity contribution in [1.29, 1.82) is 0 Å². The van der Waals surface area contributed by atoms with E-state index in [1.807, 2.05) is 37.3 Å². The quantitative estimate of drug-likeness (QED) is 0.927. The normalized spacial score (nSPS) is 10.3. The fourth-order valence-electron chi connectivity index (χ4n) is 2.01. The van der Waals surface area contributed by atoms with Crippen LogP contribution in [-0.2, 0) is 17.8 Å². The molecule has 104 valence electrons. The zero-order valence-electron chi connectivity index (χ0n) is 11.8. The largest absolute Gasteiger partial charge is 0.508 e. The molecular weight excluding hydrogens is 250 g/mol. The van der Waals surface area contributed by atoms with Gasteiger partial charge in [0.15, 0.2) is 0 Å². The minimum atomic E-state index is -0.00734. The molecule has 0 bridgehead atoms. The van der Waals surface area contributed by atoms with Gasteiger partial charge in [0.05, 0.1) is 6.42 Å². The molecule has 0 unspecified atom stereocenters. The Kier molecular flexibility index (Phi) is 4.41. The number of carbonyl (C=O) groups excluding carboxylic acids is 1. The predicted molar refractivity (Wildman–Crippen MR) is 79.5 cm³/mol. The lowest BCUT2D eigenvalue weighted by Gasteiger charge is -2.17. The maximum Gasteiger partial charge on any atom is 0.227 e. The van der Waals surface area contributed by atoms with Crippen LogP contribution in [-0.4, -0.2) is 23.0 Å². The molecule has 20 heavy (non-hydrogen) atoms. The van der Waals surface area contributed by atoms with Gasteiger partial charge >= 0.3 is 0 Å². The summed E-state index contributed by atoms with van der Waals surface area (Å²) in [6.45, 7) is 2.61. The number of phenols is 1. The summed E-state index contributed by atoms with van der Waals surface area (Å²) in [6.07, 6.45) is 0.217. The van der Waals surface area contributed by atoms with Crippen LogP contribution in [0.2, 0.25) is 0 Å². The van der Waals surface area contributed by atoms with Crippen LogP contribution in [0.15, 0.2) is 48.5 Å². The van der Waals surface area contributed by atoms with Gasteiger partial charge in [-0.3, -0.25) is 4.79 Å². The SMILES string of the molecule is Cc1ccc(CN(C)C(=O)Cc2ccccc2O)cc1. The number of para-hydroxylation sites is 1. The molecule has 2 rings (SSSR count). The van der Waals surface area contributed by atoms with Crippen LogP contribution < -0.4 is 0 Å². The number of phenolic OH excluding ortho intramolecular Hbond substituents is 1. The molecule has 0 aliphatic heterocycles. The van der Waals surface area contributed by atoms with Crippen molar-refractivity contribution in [2.24, 2.45) is 0 Å². The monoisotopic (exact) mass is 269 g/mol. The number of rotatable bonds is 4. The van der Waals surface area contributed by atoms with Crippen molar-refractivity contribution in [2.75, 3.05) is 7.05 Å². The van der Waals surface area contributed by atoms with Gasteiger partial charge in [0, 0.05) is 19.2 Å². The lowest BCUT2D eigenvalue weighted by atomic mass is 10.1. The molecule has 0 spiro atoms. The van der Waals surface area contributed by atoms with Crippen LogP contribution in [0.5, 0.6) is 5.75 Å². The van der Waals surface area contributed by atoms with E-state index in [0.717, 1.165) is 5.56 Å². The Balaban J connectivity index is 1.99. The number of benzene rings is 2. The first-order chi connectivity index (χ1) is 9.56. The second kappa shape index (κ2) is 6.24. The van der Waals surface area contributed by atoms with E-state index in [2.05, 4.69) is 0 Å². The predicted octanol–water partition coefficient (Wildman–Crippen LogP) is 2.90. The minimum absolute atomic E-state index is 0.00734. The van der Waals surface area contributed by atoms with E-state index in [-0.39, 0.29) is 18.1 Å². The first-order valence-corrected chi connectivity index (χ1v) is 6.62. The third-order valence-corrected chi connectivity index (χ3v) is 3.30. The summed E-state index contributed by atoms with van der Waals surface area (Å²) in [7, 11) is 1.78. The van der Waals surface area contributed by atoms with E-state index in [1.165, 1.54) is 5.56 Å². The average molecular weight is 269 g/mol. The Morgan fingerprint density at radius 2 is 1.75 bits per heavy atom. The number of carbonyl (C=O) groups is 1. The van der Waals surface area contributed by atoms with Crippen molar-refractivity contribution < 1.29 is 9.90 Å². The molecule has 0 aliphatic carbocycles. The molecule has 0 saturated heterocycles. The Morgan fingerprint density at radius 1 is 1.10 bits per heavy atom. The second-order valence-corrected chi connectivity index (χ2v) is 5.04. The summed E-state index contributed by atoms with van der Waals surface area (Å²) in [6, 6.07) is 15.1. The summed E-state index contributed by atoms with van der Waals surface area (Å²) >= 11 is 0. The molecule has 2 aromatic carbocycles. The highest BCUT2D eigenvalue weighted by Crippen LogP contribution is 2.17. The van der Waals surface area contributed by atoms with Crippen LogP contribution in [0.4, 0.5) is 0 Å². The van der Waals surface area contributed by atoms with Gasteiger partial charge in [0.1, 0.15) is 5.75 Å². The fraction of sp³-hybridized carbons (Fsp3) is 0.235.